The molecule has 17 heavy (non-hydrogen) atoms. The van der Waals surface area contributed by atoms with Crippen LogP contribution < -0.4 is 5.32 Å². The van der Waals surface area contributed by atoms with Crippen molar-refractivity contribution in [1.82, 2.24) is 10.2 Å². The van der Waals surface area contributed by atoms with E-state index < -0.39 is 0 Å². The maximum atomic E-state index is 3.56. The van der Waals surface area contributed by atoms with E-state index in [4.69, 9.17) is 0 Å². The van der Waals surface area contributed by atoms with Crippen molar-refractivity contribution in [2.45, 2.75) is 57.7 Å². The second kappa shape index (κ2) is 7.65. The Hall–Kier alpha value is 0.270. The van der Waals surface area contributed by atoms with Crippen LogP contribution in [0.25, 0.3) is 0 Å². The van der Waals surface area contributed by atoms with Crippen LogP contribution in [0, 0.1) is 0 Å². The summed E-state index contributed by atoms with van der Waals surface area (Å²) in [5.74, 6) is 1.33. The van der Waals surface area contributed by atoms with E-state index in [9.17, 15) is 0 Å². The number of nitrogens with one attached hydrogen (secondary N) is 1. The number of unbranched alkanes of at least 4 members (excludes halogenated alkanes) is 1. The van der Waals surface area contributed by atoms with Gasteiger partial charge in [0.25, 0.3) is 0 Å². The lowest BCUT2D eigenvalue weighted by atomic mass is 10.1. The first-order chi connectivity index (χ1) is 8.01. The zero-order valence-corrected chi connectivity index (χ0v) is 12.9. The lowest BCUT2D eigenvalue weighted by Crippen LogP contribution is -2.39. The Morgan fingerprint density at radius 1 is 1.29 bits per heavy atom. The van der Waals surface area contributed by atoms with Crippen LogP contribution in [0.2, 0.25) is 0 Å². The molecule has 1 rings (SSSR count). The van der Waals surface area contributed by atoms with Crippen LogP contribution in [-0.2, 0) is 0 Å². The number of thioether (sulfide) groups is 1. The van der Waals surface area contributed by atoms with Gasteiger partial charge in [0, 0.05) is 29.6 Å². The molecule has 0 bridgehead atoms. The molecule has 0 aromatic rings. The zero-order chi connectivity index (χ0) is 12.7. The van der Waals surface area contributed by atoms with Gasteiger partial charge < -0.3 is 10.2 Å². The standard InChI is InChI=1S/C14H30N2S/c1-5-13-12-16(10-11-17-13)9-7-6-8-15-14(2,3)4/h13,15H,5-12H2,1-4H3. The molecular weight excluding hydrogens is 228 g/mol. The van der Waals surface area contributed by atoms with E-state index in [-0.39, 0.29) is 5.54 Å². The average Bonchev–Trinajstić information content (AvgIpc) is 2.27. The quantitative estimate of drug-likeness (QED) is 0.737. The minimum Gasteiger partial charge on any atom is -0.312 e. The Morgan fingerprint density at radius 2 is 2.06 bits per heavy atom. The van der Waals surface area contributed by atoms with E-state index in [0.29, 0.717) is 0 Å². The lowest BCUT2D eigenvalue weighted by Gasteiger charge is -2.31. The molecule has 102 valence electrons. The minimum atomic E-state index is 0.273. The van der Waals surface area contributed by atoms with Crippen molar-refractivity contribution in [3.05, 3.63) is 0 Å². The number of nitrogens with zero attached hydrogens (tertiary/aromatic N) is 1. The first kappa shape index (κ1) is 15.3. The Labute approximate surface area is 112 Å². The molecule has 1 aliphatic rings. The van der Waals surface area contributed by atoms with Gasteiger partial charge in [-0.1, -0.05) is 6.92 Å². The topological polar surface area (TPSA) is 15.3 Å². The van der Waals surface area contributed by atoms with Crippen molar-refractivity contribution in [2.75, 3.05) is 31.9 Å². The minimum absolute atomic E-state index is 0.273. The summed E-state index contributed by atoms with van der Waals surface area (Å²) in [4.78, 5) is 2.65. The number of rotatable bonds is 6. The number of hydrogen-bond acceptors (Lipinski definition) is 3. The van der Waals surface area contributed by atoms with Gasteiger partial charge in [0.1, 0.15) is 0 Å². The van der Waals surface area contributed by atoms with Gasteiger partial charge in [-0.3, -0.25) is 0 Å². The SMILES string of the molecule is CCC1CN(CCCCNC(C)(C)C)CCS1. The van der Waals surface area contributed by atoms with Crippen LogP contribution in [0.4, 0.5) is 0 Å². The molecule has 1 atom stereocenters. The molecule has 1 saturated heterocycles. The first-order valence-electron chi connectivity index (χ1n) is 7.10. The third kappa shape index (κ3) is 7.32. The van der Waals surface area contributed by atoms with Crippen LogP contribution in [0.15, 0.2) is 0 Å². The van der Waals surface area contributed by atoms with Crippen molar-refractivity contribution in [1.29, 1.82) is 0 Å². The molecule has 1 heterocycles. The van der Waals surface area contributed by atoms with Gasteiger partial charge in [0.05, 0.1) is 0 Å². The average molecular weight is 258 g/mol. The van der Waals surface area contributed by atoms with Gasteiger partial charge >= 0.3 is 0 Å². The maximum Gasteiger partial charge on any atom is 0.0172 e. The molecule has 0 spiro atoms. The molecule has 0 aromatic carbocycles. The van der Waals surface area contributed by atoms with Gasteiger partial charge in [-0.15, -0.1) is 0 Å². The van der Waals surface area contributed by atoms with Gasteiger partial charge in [0.15, 0.2) is 0 Å². The molecule has 1 N–H and O–H groups in total. The van der Waals surface area contributed by atoms with Gasteiger partial charge in [-0.25, -0.2) is 0 Å². The van der Waals surface area contributed by atoms with E-state index in [1.807, 2.05) is 0 Å². The Morgan fingerprint density at radius 3 is 2.71 bits per heavy atom. The molecule has 3 heteroatoms. The van der Waals surface area contributed by atoms with Crippen LogP contribution in [0.3, 0.4) is 0 Å². The predicted octanol–water partition coefficient (Wildman–Crippen LogP) is 2.98. The van der Waals surface area contributed by atoms with Gasteiger partial charge in [-0.05, 0) is 53.1 Å². The molecule has 2 nitrogen and oxygen atoms in total. The summed E-state index contributed by atoms with van der Waals surface area (Å²) in [5.41, 5.74) is 0.273. The Bertz CT molecular complexity index is 201. The highest BCUT2D eigenvalue weighted by Gasteiger charge is 2.18. The fourth-order valence-electron chi connectivity index (χ4n) is 2.15. The van der Waals surface area contributed by atoms with Gasteiger partial charge in [-0.2, -0.15) is 11.8 Å². The fourth-order valence-corrected chi connectivity index (χ4v) is 3.40. The molecule has 0 radical (unpaired) electrons. The second-order valence-corrected chi connectivity index (χ2v) is 7.49. The van der Waals surface area contributed by atoms with E-state index in [1.54, 1.807) is 0 Å². The summed E-state index contributed by atoms with van der Waals surface area (Å²) in [7, 11) is 0. The first-order valence-corrected chi connectivity index (χ1v) is 8.15. The van der Waals surface area contributed by atoms with Gasteiger partial charge in [0.2, 0.25) is 0 Å². The third-order valence-corrected chi connectivity index (χ3v) is 4.61. The summed E-state index contributed by atoms with van der Waals surface area (Å²) in [6.45, 7) is 14.1. The van der Waals surface area contributed by atoms with E-state index in [2.05, 4.69) is 49.7 Å². The van der Waals surface area contributed by atoms with E-state index >= 15 is 0 Å². The van der Waals surface area contributed by atoms with Crippen molar-refractivity contribution >= 4 is 11.8 Å². The van der Waals surface area contributed by atoms with Crippen molar-refractivity contribution in [2.24, 2.45) is 0 Å². The van der Waals surface area contributed by atoms with Crippen LogP contribution in [0.1, 0.15) is 47.0 Å². The summed E-state index contributed by atoms with van der Waals surface area (Å²) in [6, 6.07) is 0. The summed E-state index contributed by atoms with van der Waals surface area (Å²) in [5, 5.41) is 4.44. The number of hydrogen-bond donors (Lipinski definition) is 1. The van der Waals surface area contributed by atoms with Crippen LogP contribution in [0.5, 0.6) is 0 Å². The Balaban J connectivity index is 2.02. The highest BCUT2D eigenvalue weighted by Crippen LogP contribution is 2.21. The molecule has 1 fully saturated rings. The molecule has 1 aliphatic heterocycles. The highest BCUT2D eigenvalue weighted by atomic mass is 32.2. The second-order valence-electron chi connectivity index (χ2n) is 6.09. The third-order valence-electron chi connectivity index (χ3n) is 3.23. The molecule has 0 aliphatic carbocycles. The molecule has 0 amide bonds. The summed E-state index contributed by atoms with van der Waals surface area (Å²) < 4.78 is 0. The molecular formula is C14H30N2S. The normalized spacial score (nSPS) is 22.9. The van der Waals surface area contributed by atoms with Crippen LogP contribution in [-0.4, -0.2) is 47.6 Å². The largest absolute Gasteiger partial charge is 0.312 e. The zero-order valence-electron chi connectivity index (χ0n) is 12.1. The van der Waals surface area contributed by atoms with Crippen molar-refractivity contribution in [3.8, 4) is 0 Å². The van der Waals surface area contributed by atoms with E-state index in [1.165, 1.54) is 44.6 Å². The monoisotopic (exact) mass is 258 g/mol. The smallest absolute Gasteiger partial charge is 0.0172 e. The fraction of sp³-hybridized carbons (Fsp3) is 1.00. The maximum absolute atomic E-state index is 3.56. The van der Waals surface area contributed by atoms with Crippen LogP contribution >= 0.6 is 11.8 Å². The van der Waals surface area contributed by atoms with E-state index in [0.717, 1.165) is 11.8 Å². The van der Waals surface area contributed by atoms with Crippen molar-refractivity contribution in [3.63, 3.8) is 0 Å². The molecule has 0 saturated carbocycles. The molecule has 1 unspecified atom stereocenters. The summed E-state index contributed by atoms with van der Waals surface area (Å²) in [6.07, 6.45) is 3.97. The lowest BCUT2D eigenvalue weighted by molar-refractivity contribution is 0.273. The predicted molar refractivity (Wildman–Crippen MR) is 80.0 cm³/mol. The summed E-state index contributed by atoms with van der Waals surface area (Å²) >= 11 is 2.16. The Kier molecular flexibility index (Phi) is 6.90. The molecule has 0 aromatic heterocycles. The highest BCUT2D eigenvalue weighted by molar-refractivity contribution is 8.00. The van der Waals surface area contributed by atoms with Crippen molar-refractivity contribution < 1.29 is 0 Å².